The largest absolute Gasteiger partial charge is 0.456 e. The molecule has 4 heteroatoms. The minimum Gasteiger partial charge on any atom is -0.456 e. The van der Waals surface area contributed by atoms with Gasteiger partial charge in [0.15, 0.2) is 5.69 Å². The van der Waals surface area contributed by atoms with Gasteiger partial charge in [-0.2, -0.15) is 0 Å². The molecule has 1 aliphatic rings. The zero-order chi connectivity index (χ0) is 14.4. The SMILES string of the molecule is O=C1OCc2c1nc1ccc(F)cc1c2-c1ccccc1. The lowest BCUT2D eigenvalue weighted by Gasteiger charge is -2.10. The highest BCUT2D eigenvalue weighted by atomic mass is 19.1. The van der Waals surface area contributed by atoms with Crippen LogP contribution in [0.4, 0.5) is 4.39 Å². The molecule has 0 bridgehead atoms. The molecule has 2 aromatic carbocycles. The smallest absolute Gasteiger partial charge is 0.357 e. The van der Waals surface area contributed by atoms with Crippen LogP contribution in [0.5, 0.6) is 0 Å². The molecule has 3 nitrogen and oxygen atoms in total. The third kappa shape index (κ3) is 1.80. The highest BCUT2D eigenvalue weighted by Gasteiger charge is 2.28. The van der Waals surface area contributed by atoms with Gasteiger partial charge in [0.05, 0.1) is 5.52 Å². The zero-order valence-corrected chi connectivity index (χ0v) is 11.0. The number of hydrogen-bond acceptors (Lipinski definition) is 3. The fourth-order valence-corrected chi connectivity index (χ4v) is 2.72. The van der Waals surface area contributed by atoms with E-state index in [0.29, 0.717) is 16.6 Å². The van der Waals surface area contributed by atoms with Gasteiger partial charge in [-0.05, 0) is 23.8 Å². The van der Waals surface area contributed by atoms with Crippen molar-refractivity contribution in [3.8, 4) is 11.1 Å². The van der Waals surface area contributed by atoms with E-state index >= 15 is 0 Å². The van der Waals surface area contributed by atoms with E-state index in [1.807, 2.05) is 30.3 Å². The van der Waals surface area contributed by atoms with Gasteiger partial charge in [-0.25, -0.2) is 14.2 Å². The number of esters is 1. The molecule has 0 N–H and O–H groups in total. The second-order valence-corrected chi connectivity index (χ2v) is 4.92. The van der Waals surface area contributed by atoms with Gasteiger partial charge in [-0.3, -0.25) is 0 Å². The molecule has 0 aliphatic carbocycles. The Morgan fingerprint density at radius 3 is 2.71 bits per heavy atom. The van der Waals surface area contributed by atoms with Crippen molar-refractivity contribution in [2.75, 3.05) is 0 Å². The van der Waals surface area contributed by atoms with Gasteiger partial charge in [-0.15, -0.1) is 0 Å². The van der Waals surface area contributed by atoms with Crippen molar-refractivity contribution >= 4 is 16.9 Å². The molecule has 102 valence electrons. The van der Waals surface area contributed by atoms with Crippen molar-refractivity contribution in [1.82, 2.24) is 4.98 Å². The number of nitrogens with zero attached hydrogens (tertiary/aromatic N) is 1. The van der Waals surface area contributed by atoms with E-state index in [1.165, 1.54) is 12.1 Å². The lowest BCUT2D eigenvalue weighted by Crippen LogP contribution is -2.00. The lowest BCUT2D eigenvalue weighted by molar-refractivity contribution is 0.0531. The summed E-state index contributed by atoms with van der Waals surface area (Å²) in [6.45, 7) is 0.178. The summed E-state index contributed by atoms with van der Waals surface area (Å²) in [6, 6.07) is 14.0. The van der Waals surface area contributed by atoms with Crippen molar-refractivity contribution in [1.29, 1.82) is 0 Å². The maximum Gasteiger partial charge on any atom is 0.357 e. The summed E-state index contributed by atoms with van der Waals surface area (Å²) in [5.74, 6) is -0.750. The van der Waals surface area contributed by atoms with Crippen LogP contribution in [0.1, 0.15) is 16.1 Å². The molecule has 1 aromatic heterocycles. The molecule has 0 spiro atoms. The second-order valence-electron chi connectivity index (χ2n) is 4.92. The van der Waals surface area contributed by atoms with Crippen LogP contribution < -0.4 is 0 Å². The van der Waals surface area contributed by atoms with E-state index in [0.717, 1.165) is 16.7 Å². The first kappa shape index (κ1) is 12.0. The van der Waals surface area contributed by atoms with E-state index in [9.17, 15) is 9.18 Å². The molecule has 3 aromatic rings. The number of benzene rings is 2. The highest BCUT2D eigenvalue weighted by molar-refractivity contribution is 6.03. The number of rotatable bonds is 1. The number of halogens is 1. The first-order chi connectivity index (χ1) is 10.2. The van der Waals surface area contributed by atoms with Gasteiger partial charge in [0.1, 0.15) is 12.4 Å². The van der Waals surface area contributed by atoms with Crippen LogP contribution in [0, 0.1) is 5.82 Å². The highest BCUT2D eigenvalue weighted by Crippen LogP contribution is 2.36. The van der Waals surface area contributed by atoms with Crippen LogP contribution in [0.2, 0.25) is 0 Å². The molecule has 2 heterocycles. The average Bonchev–Trinajstić information content (AvgIpc) is 2.87. The average molecular weight is 279 g/mol. The minimum absolute atomic E-state index is 0.178. The number of cyclic esters (lactones) is 1. The molecule has 0 saturated heterocycles. The predicted molar refractivity (Wildman–Crippen MR) is 76.3 cm³/mol. The predicted octanol–water partition coefficient (Wildman–Crippen LogP) is 3.71. The topological polar surface area (TPSA) is 39.2 Å². The second kappa shape index (κ2) is 4.38. The van der Waals surface area contributed by atoms with E-state index in [2.05, 4.69) is 4.98 Å². The number of aromatic nitrogens is 1. The number of fused-ring (bicyclic) bond motifs is 2. The summed E-state index contributed by atoms with van der Waals surface area (Å²) in [6.07, 6.45) is 0. The quantitative estimate of drug-likeness (QED) is 0.637. The molecule has 21 heavy (non-hydrogen) atoms. The molecule has 0 amide bonds. The maximum atomic E-state index is 13.6. The Morgan fingerprint density at radius 2 is 1.90 bits per heavy atom. The van der Waals surface area contributed by atoms with Gasteiger partial charge < -0.3 is 4.74 Å². The third-order valence-corrected chi connectivity index (χ3v) is 3.65. The fourth-order valence-electron chi connectivity index (χ4n) is 2.72. The Balaban J connectivity index is 2.16. The molecule has 1 aliphatic heterocycles. The van der Waals surface area contributed by atoms with E-state index in [4.69, 9.17) is 4.74 Å². The molecule has 0 radical (unpaired) electrons. The summed E-state index contributed by atoms with van der Waals surface area (Å²) < 4.78 is 18.7. The zero-order valence-electron chi connectivity index (χ0n) is 11.0. The first-order valence-corrected chi connectivity index (χ1v) is 6.59. The Kier molecular flexibility index (Phi) is 2.51. The van der Waals surface area contributed by atoms with Crippen LogP contribution in [-0.4, -0.2) is 11.0 Å². The molecule has 0 unspecified atom stereocenters. The van der Waals surface area contributed by atoms with Crippen LogP contribution in [-0.2, 0) is 11.3 Å². The number of ether oxygens (including phenoxy) is 1. The third-order valence-electron chi connectivity index (χ3n) is 3.65. The number of hydrogen-bond donors (Lipinski definition) is 0. The Morgan fingerprint density at radius 1 is 1.10 bits per heavy atom. The van der Waals surface area contributed by atoms with Crippen molar-refractivity contribution in [3.63, 3.8) is 0 Å². The lowest BCUT2D eigenvalue weighted by atomic mass is 9.95. The monoisotopic (exact) mass is 279 g/mol. The van der Waals surface area contributed by atoms with Crippen LogP contribution in [0.25, 0.3) is 22.0 Å². The van der Waals surface area contributed by atoms with Crippen molar-refractivity contribution in [3.05, 3.63) is 65.6 Å². The summed E-state index contributed by atoms with van der Waals surface area (Å²) in [7, 11) is 0. The molecule has 4 rings (SSSR count). The Bertz CT molecular complexity index is 875. The van der Waals surface area contributed by atoms with E-state index in [-0.39, 0.29) is 12.4 Å². The fraction of sp³-hybridized carbons (Fsp3) is 0.0588. The van der Waals surface area contributed by atoms with Crippen molar-refractivity contribution < 1.29 is 13.9 Å². The van der Waals surface area contributed by atoms with Crippen LogP contribution >= 0.6 is 0 Å². The van der Waals surface area contributed by atoms with Gasteiger partial charge in [0, 0.05) is 16.5 Å². The number of carbonyl (C=O) groups excluding carboxylic acids is 1. The van der Waals surface area contributed by atoms with Crippen molar-refractivity contribution in [2.45, 2.75) is 6.61 Å². The Hall–Kier alpha value is -2.75. The molecular formula is C17H10FNO2. The minimum atomic E-state index is -0.423. The molecular weight excluding hydrogens is 269 g/mol. The van der Waals surface area contributed by atoms with Gasteiger partial charge in [0.25, 0.3) is 0 Å². The molecule has 0 atom stereocenters. The van der Waals surface area contributed by atoms with E-state index < -0.39 is 5.97 Å². The normalized spacial score (nSPS) is 13.3. The summed E-state index contributed by atoms with van der Waals surface area (Å²) >= 11 is 0. The summed E-state index contributed by atoms with van der Waals surface area (Å²) in [4.78, 5) is 16.1. The van der Waals surface area contributed by atoms with Gasteiger partial charge >= 0.3 is 5.97 Å². The van der Waals surface area contributed by atoms with E-state index in [1.54, 1.807) is 6.07 Å². The summed E-state index contributed by atoms with van der Waals surface area (Å²) in [5, 5.41) is 0.693. The Labute approximate surface area is 120 Å². The maximum absolute atomic E-state index is 13.6. The number of carbonyl (C=O) groups is 1. The first-order valence-electron chi connectivity index (χ1n) is 6.59. The van der Waals surface area contributed by atoms with Crippen LogP contribution in [0.3, 0.4) is 0 Å². The molecule has 0 saturated carbocycles. The van der Waals surface area contributed by atoms with Crippen LogP contribution in [0.15, 0.2) is 48.5 Å². The summed E-state index contributed by atoms with van der Waals surface area (Å²) in [5.41, 5.74) is 3.39. The van der Waals surface area contributed by atoms with Gasteiger partial charge in [0.2, 0.25) is 0 Å². The van der Waals surface area contributed by atoms with Crippen molar-refractivity contribution in [2.24, 2.45) is 0 Å². The standard InChI is InChI=1S/C17H10FNO2/c18-11-6-7-14-12(8-11)15(10-4-2-1-3-5-10)13-9-21-17(20)16(13)19-14/h1-8H,9H2. The molecule has 0 fully saturated rings. The number of pyridine rings is 1. The van der Waals surface area contributed by atoms with Gasteiger partial charge in [-0.1, -0.05) is 30.3 Å².